The third kappa shape index (κ3) is 5.33. The van der Waals surface area contributed by atoms with E-state index in [0.29, 0.717) is 25.6 Å². The summed E-state index contributed by atoms with van der Waals surface area (Å²) in [5.74, 6) is 0.966. The number of hydrogen-bond acceptors (Lipinski definition) is 3. The zero-order valence-electron chi connectivity index (χ0n) is 13.1. The standard InChI is InChI=1S/C19H22N2O2/c22-19(21-17-6-7-17)12-13-20-16-8-10-18(11-9-16)23-14-15-4-2-1-3-5-15/h1-5,8-11,17,20H,6-7,12-14H2,(H,21,22). The van der Waals surface area contributed by atoms with E-state index in [4.69, 9.17) is 4.74 Å². The van der Waals surface area contributed by atoms with Crippen molar-refractivity contribution in [2.75, 3.05) is 11.9 Å². The average molecular weight is 310 g/mol. The van der Waals surface area contributed by atoms with Crippen molar-refractivity contribution < 1.29 is 9.53 Å². The molecule has 1 fully saturated rings. The molecule has 2 aromatic carbocycles. The monoisotopic (exact) mass is 310 g/mol. The number of hydrogen-bond donors (Lipinski definition) is 2. The van der Waals surface area contributed by atoms with Gasteiger partial charge in [-0.3, -0.25) is 4.79 Å². The lowest BCUT2D eigenvalue weighted by atomic mass is 10.2. The van der Waals surface area contributed by atoms with Gasteiger partial charge in [-0.25, -0.2) is 0 Å². The van der Waals surface area contributed by atoms with Gasteiger partial charge in [-0.15, -0.1) is 0 Å². The van der Waals surface area contributed by atoms with E-state index in [0.717, 1.165) is 29.8 Å². The van der Waals surface area contributed by atoms with Crippen LogP contribution in [0.15, 0.2) is 54.6 Å². The zero-order chi connectivity index (χ0) is 15.9. The fraction of sp³-hybridized carbons (Fsp3) is 0.316. The molecule has 120 valence electrons. The Morgan fingerprint density at radius 1 is 1.04 bits per heavy atom. The molecule has 4 nitrogen and oxygen atoms in total. The molecule has 1 saturated carbocycles. The van der Waals surface area contributed by atoms with E-state index >= 15 is 0 Å². The van der Waals surface area contributed by atoms with Gasteiger partial charge in [0, 0.05) is 24.7 Å². The maximum Gasteiger partial charge on any atom is 0.221 e. The number of benzene rings is 2. The van der Waals surface area contributed by atoms with Crippen molar-refractivity contribution in [3.05, 3.63) is 60.2 Å². The second-order valence-corrected chi connectivity index (χ2v) is 5.82. The van der Waals surface area contributed by atoms with Gasteiger partial charge in [-0.1, -0.05) is 30.3 Å². The van der Waals surface area contributed by atoms with E-state index in [-0.39, 0.29) is 5.91 Å². The molecule has 0 aliphatic heterocycles. The molecular weight excluding hydrogens is 288 g/mol. The first-order chi connectivity index (χ1) is 11.3. The highest BCUT2D eigenvalue weighted by Gasteiger charge is 2.22. The van der Waals surface area contributed by atoms with Crippen LogP contribution in [0.4, 0.5) is 5.69 Å². The van der Waals surface area contributed by atoms with Crippen LogP contribution in [0, 0.1) is 0 Å². The van der Waals surface area contributed by atoms with Gasteiger partial charge >= 0.3 is 0 Å². The Balaban J connectivity index is 1.39. The molecule has 0 saturated heterocycles. The Kier molecular flexibility index (Phi) is 5.14. The van der Waals surface area contributed by atoms with Gasteiger partial charge in [0.2, 0.25) is 5.91 Å². The molecule has 1 aliphatic carbocycles. The minimum Gasteiger partial charge on any atom is -0.489 e. The molecule has 1 aliphatic rings. The van der Waals surface area contributed by atoms with Crippen molar-refractivity contribution in [3.63, 3.8) is 0 Å². The van der Waals surface area contributed by atoms with Gasteiger partial charge < -0.3 is 15.4 Å². The Morgan fingerprint density at radius 2 is 1.78 bits per heavy atom. The molecule has 4 heteroatoms. The van der Waals surface area contributed by atoms with Crippen LogP contribution in [-0.2, 0) is 11.4 Å². The Morgan fingerprint density at radius 3 is 2.48 bits per heavy atom. The molecule has 0 heterocycles. The van der Waals surface area contributed by atoms with Crippen LogP contribution in [0.25, 0.3) is 0 Å². The summed E-state index contributed by atoms with van der Waals surface area (Å²) in [5.41, 5.74) is 2.15. The van der Waals surface area contributed by atoms with Crippen LogP contribution >= 0.6 is 0 Å². The van der Waals surface area contributed by atoms with E-state index in [1.165, 1.54) is 0 Å². The van der Waals surface area contributed by atoms with Crippen molar-refractivity contribution in [1.29, 1.82) is 0 Å². The summed E-state index contributed by atoms with van der Waals surface area (Å²) in [6.45, 7) is 1.21. The minimum absolute atomic E-state index is 0.128. The summed E-state index contributed by atoms with van der Waals surface area (Å²) in [6.07, 6.45) is 2.76. The molecule has 0 radical (unpaired) electrons. The second kappa shape index (κ2) is 7.68. The normalized spacial score (nSPS) is 13.4. The number of anilines is 1. The van der Waals surface area contributed by atoms with Gasteiger partial charge in [0.15, 0.2) is 0 Å². The van der Waals surface area contributed by atoms with E-state index < -0.39 is 0 Å². The van der Waals surface area contributed by atoms with Crippen LogP contribution in [-0.4, -0.2) is 18.5 Å². The molecule has 2 aromatic rings. The van der Waals surface area contributed by atoms with Crippen LogP contribution in [0.3, 0.4) is 0 Å². The number of carbonyl (C=O) groups excluding carboxylic acids is 1. The molecule has 3 rings (SSSR count). The van der Waals surface area contributed by atoms with Crippen molar-refractivity contribution in [3.8, 4) is 5.75 Å². The highest BCUT2D eigenvalue weighted by Crippen LogP contribution is 2.19. The first-order valence-corrected chi connectivity index (χ1v) is 8.09. The number of rotatable bonds is 8. The van der Waals surface area contributed by atoms with Crippen molar-refractivity contribution >= 4 is 11.6 Å². The summed E-state index contributed by atoms with van der Waals surface area (Å²) >= 11 is 0. The second-order valence-electron chi connectivity index (χ2n) is 5.82. The number of ether oxygens (including phenoxy) is 1. The zero-order valence-corrected chi connectivity index (χ0v) is 13.1. The fourth-order valence-electron chi connectivity index (χ4n) is 2.26. The third-order valence-corrected chi connectivity index (χ3v) is 3.73. The maximum absolute atomic E-state index is 11.6. The van der Waals surface area contributed by atoms with Gasteiger partial charge in [0.05, 0.1) is 0 Å². The van der Waals surface area contributed by atoms with Gasteiger partial charge in [-0.05, 0) is 42.7 Å². The Labute approximate surface area is 136 Å². The molecule has 0 atom stereocenters. The quantitative estimate of drug-likeness (QED) is 0.786. The van der Waals surface area contributed by atoms with Crippen molar-refractivity contribution in [2.45, 2.75) is 31.9 Å². The van der Waals surface area contributed by atoms with Crippen LogP contribution in [0.2, 0.25) is 0 Å². The first-order valence-electron chi connectivity index (χ1n) is 8.09. The van der Waals surface area contributed by atoms with Crippen LogP contribution in [0.5, 0.6) is 5.75 Å². The van der Waals surface area contributed by atoms with E-state index in [2.05, 4.69) is 10.6 Å². The lowest BCUT2D eigenvalue weighted by Gasteiger charge is -2.09. The summed E-state index contributed by atoms with van der Waals surface area (Å²) in [4.78, 5) is 11.6. The number of amides is 1. The highest BCUT2D eigenvalue weighted by atomic mass is 16.5. The van der Waals surface area contributed by atoms with Gasteiger partial charge in [0.25, 0.3) is 0 Å². The maximum atomic E-state index is 11.6. The van der Waals surface area contributed by atoms with Crippen molar-refractivity contribution in [1.82, 2.24) is 5.32 Å². The topological polar surface area (TPSA) is 50.4 Å². The first kappa shape index (κ1) is 15.4. The Hall–Kier alpha value is -2.49. The predicted molar refractivity (Wildman–Crippen MR) is 91.5 cm³/mol. The molecule has 0 bridgehead atoms. The van der Waals surface area contributed by atoms with Gasteiger partial charge in [0.1, 0.15) is 12.4 Å². The summed E-state index contributed by atoms with van der Waals surface area (Å²) < 4.78 is 5.75. The SMILES string of the molecule is O=C(CCNc1ccc(OCc2ccccc2)cc1)NC1CC1. The lowest BCUT2D eigenvalue weighted by molar-refractivity contribution is -0.120. The van der Waals surface area contributed by atoms with E-state index in [1.54, 1.807) is 0 Å². The number of nitrogens with one attached hydrogen (secondary N) is 2. The molecule has 23 heavy (non-hydrogen) atoms. The lowest BCUT2D eigenvalue weighted by Crippen LogP contribution is -2.27. The molecule has 2 N–H and O–H groups in total. The van der Waals surface area contributed by atoms with E-state index in [1.807, 2.05) is 54.6 Å². The predicted octanol–water partition coefficient (Wildman–Crippen LogP) is 3.35. The molecule has 0 unspecified atom stereocenters. The average Bonchev–Trinajstić information content (AvgIpc) is 3.39. The summed E-state index contributed by atoms with van der Waals surface area (Å²) in [7, 11) is 0. The van der Waals surface area contributed by atoms with Crippen molar-refractivity contribution in [2.24, 2.45) is 0 Å². The molecular formula is C19H22N2O2. The third-order valence-electron chi connectivity index (χ3n) is 3.73. The smallest absolute Gasteiger partial charge is 0.221 e. The highest BCUT2D eigenvalue weighted by molar-refractivity contribution is 5.77. The van der Waals surface area contributed by atoms with Crippen LogP contribution < -0.4 is 15.4 Å². The minimum atomic E-state index is 0.128. The number of carbonyl (C=O) groups is 1. The Bertz CT molecular complexity index is 622. The summed E-state index contributed by atoms with van der Waals surface area (Å²) in [5, 5.41) is 6.24. The van der Waals surface area contributed by atoms with E-state index in [9.17, 15) is 4.79 Å². The van der Waals surface area contributed by atoms with Gasteiger partial charge in [-0.2, -0.15) is 0 Å². The van der Waals surface area contributed by atoms with Crippen LogP contribution in [0.1, 0.15) is 24.8 Å². The molecule has 0 aromatic heterocycles. The molecule has 0 spiro atoms. The molecule has 1 amide bonds. The summed E-state index contributed by atoms with van der Waals surface area (Å²) in [6, 6.07) is 18.4. The largest absolute Gasteiger partial charge is 0.489 e. The fourth-order valence-corrected chi connectivity index (χ4v) is 2.26.